The van der Waals surface area contributed by atoms with Crippen LogP contribution in [-0.4, -0.2) is 13.1 Å². The largest absolute Gasteiger partial charge is 0.469 e. The number of carbonyl (C=O) groups is 1. The first-order chi connectivity index (χ1) is 10.6. The molecule has 0 N–H and O–H groups in total. The number of carbonyl (C=O) groups excluding carboxylic acids is 1. The van der Waals surface area contributed by atoms with Crippen LogP contribution >= 0.6 is 23.2 Å². The second kappa shape index (κ2) is 8.21. The van der Waals surface area contributed by atoms with E-state index in [-0.39, 0.29) is 11.9 Å². The Balaban J connectivity index is 2.17. The zero-order valence-corrected chi connectivity index (χ0v) is 13.9. The van der Waals surface area contributed by atoms with Gasteiger partial charge in [-0.05, 0) is 54.2 Å². The molecule has 2 aromatic rings. The van der Waals surface area contributed by atoms with Gasteiger partial charge >= 0.3 is 5.97 Å². The van der Waals surface area contributed by atoms with Gasteiger partial charge in [0.2, 0.25) is 0 Å². The van der Waals surface area contributed by atoms with E-state index in [1.165, 1.54) is 12.7 Å². The maximum Gasteiger partial charge on any atom is 0.305 e. The van der Waals surface area contributed by atoms with Gasteiger partial charge < -0.3 is 4.74 Å². The molecule has 0 aliphatic carbocycles. The van der Waals surface area contributed by atoms with Crippen LogP contribution in [0.5, 0.6) is 0 Å². The van der Waals surface area contributed by atoms with Crippen molar-refractivity contribution < 1.29 is 9.53 Å². The van der Waals surface area contributed by atoms with Gasteiger partial charge in [-0.25, -0.2) is 0 Å². The minimum absolute atomic E-state index is 0.192. The van der Waals surface area contributed by atoms with Crippen LogP contribution in [0, 0.1) is 0 Å². The summed E-state index contributed by atoms with van der Waals surface area (Å²) in [6.45, 7) is 0. The van der Waals surface area contributed by atoms with Crippen molar-refractivity contribution >= 4 is 29.2 Å². The highest BCUT2D eigenvalue weighted by molar-refractivity contribution is 6.30. The van der Waals surface area contributed by atoms with Crippen LogP contribution in [0.2, 0.25) is 10.0 Å². The molecule has 0 fully saturated rings. The van der Waals surface area contributed by atoms with Gasteiger partial charge in [0.25, 0.3) is 0 Å². The van der Waals surface area contributed by atoms with E-state index in [4.69, 9.17) is 27.9 Å². The van der Waals surface area contributed by atoms with E-state index in [1.54, 1.807) is 0 Å². The highest BCUT2D eigenvalue weighted by Crippen LogP contribution is 2.28. The smallest absolute Gasteiger partial charge is 0.305 e. The van der Waals surface area contributed by atoms with E-state index in [0.29, 0.717) is 11.4 Å². The Labute approximate surface area is 141 Å². The van der Waals surface area contributed by atoms with Gasteiger partial charge in [-0.2, -0.15) is 0 Å². The van der Waals surface area contributed by atoms with E-state index in [2.05, 4.69) is 0 Å². The van der Waals surface area contributed by atoms with Crippen LogP contribution in [0.25, 0.3) is 0 Å². The first-order valence-electron chi connectivity index (χ1n) is 7.15. The molecule has 0 radical (unpaired) electrons. The number of ether oxygens (including phenoxy) is 1. The number of halogens is 2. The molecule has 0 bridgehead atoms. The van der Waals surface area contributed by atoms with Crippen molar-refractivity contribution in [2.45, 2.75) is 25.2 Å². The molecule has 116 valence electrons. The maximum absolute atomic E-state index is 11.4. The Bertz CT molecular complexity index is 623. The van der Waals surface area contributed by atoms with Gasteiger partial charge in [0.1, 0.15) is 0 Å². The highest BCUT2D eigenvalue weighted by atomic mass is 35.5. The van der Waals surface area contributed by atoms with Crippen molar-refractivity contribution in [3.8, 4) is 0 Å². The van der Waals surface area contributed by atoms with E-state index < -0.39 is 0 Å². The van der Waals surface area contributed by atoms with Gasteiger partial charge in [0, 0.05) is 16.5 Å². The van der Waals surface area contributed by atoms with Crippen LogP contribution < -0.4 is 0 Å². The Morgan fingerprint density at radius 2 is 1.82 bits per heavy atom. The Morgan fingerprint density at radius 1 is 1.09 bits per heavy atom. The molecule has 2 aromatic carbocycles. The quantitative estimate of drug-likeness (QED) is 0.671. The zero-order valence-electron chi connectivity index (χ0n) is 12.4. The summed E-state index contributed by atoms with van der Waals surface area (Å²) in [5, 5.41) is 1.43. The van der Waals surface area contributed by atoms with Gasteiger partial charge in [0.15, 0.2) is 0 Å². The van der Waals surface area contributed by atoms with Crippen LogP contribution in [0.1, 0.15) is 29.9 Å². The average Bonchev–Trinajstić information content (AvgIpc) is 2.52. The average molecular weight is 337 g/mol. The normalized spacial score (nSPS) is 12.0. The van der Waals surface area contributed by atoms with Gasteiger partial charge in [0.05, 0.1) is 7.11 Å². The minimum atomic E-state index is -0.192. The standard InChI is InChI=1S/C18H18Cl2O2/c1-22-18(21)10-7-15(14-3-2-4-17(20)12-14)11-13-5-8-16(19)9-6-13/h2-6,8-9,12,15H,7,10-11H2,1H3/t15-/m1/s1. The predicted molar refractivity (Wildman–Crippen MR) is 90.6 cm³/mol. The summed E-state index contributed by atoms with van der Waals surface area (Å²) in [7, 11) is 1.41. The molecule has 0 amide bonds. The van der Waals surface area contributed by atoms with Crippen molar-refractivity contribution in [1.29, 1.82) is 0 Å². The lowest BCUT2D eigenvalue weighted by Crippen LogP contribution is -2.08. The topological polar surface area (TPSA) is 26.3 Å². The highest BCUT2D eigenvalue weighted by Gasteiger charge is 2.15. The van der Waals surface area contributed by atoms with Crippen molar-refractivity contribution in [3.05, 3.63) is 69.7 Å². The van der Waals surface area contributed by atoms with Crippen molar-refractivity contribution in [1.82, 2.24) is 0 Å². The third-order valence-electron chi connectivity index (χ3n) is 3.64. The summed E-state index contributed by atoms with van der Waals surface area (Å²) in [5.74, 6) is 0.0158. The van der Waals surface area contributed by atoms with Crippen LogP contribution in [0.4, 0.5) is 0 Å². The molecule has 4 heteroatoms. The summed E-state index contributed by atoms with van der Waals surface area (Å²) in [4.78, 5) is 11.4. The number of methoxy groups -OCH3 is 1. The fraction of sp³-hybridized carbons (Fsp3) is 0.278. The molecule has 0 aromatic heterocycles. The minimum Gasteiger partial charge on any atom is -0.469 e. The van der Waals surface area contributed by atoms with Crippen LogP contribution in [-0.2, 0) is 16.0 Å². The molecule has 0 aliphatic heterocycles. The third-order valence-corrected chi connectivity index (χ3v) is 4.13. The first-order valence-corrected chi connectivity index (χ1v) is 7.91. The monoisotopic (exact) mass is 336 g/mol. The fourth-order valence-corrected chi connectivity index (χ4v) is 2.77. The van der Waals surface area contributed by atoms with Gasteiger partial charge in [-0.3, -0.25) is 4.79 Å². The summed E-state index contributed by atoms with van der Waals surface area (Å²) in [6, 6.07) is 15.6. The molecule has 22 heavy (non-hydrogen) atoms. The molecule has 0 heterocycles. The summed E-state index contributed by atoms with van der Waals surface area (Å²) >= 11 is 12.0. The molecular weight excluding hydrogens is 319 g/mol. The third kappa shape index (κ3) is 5.04. The van der Waals surface area contributed by atoms with E-state index in [9.17, 15) is 4.79 Å². The molecule has 0 saturated heterocycles. The van der Waals surface area contributed by atoms with Gasteiger partial charge in [-0.15, -0.1) is 0 Å². The van der Waals surface area contributed by atoms with Crippen LogP contribution in [0.3, 0.4) is 0 Å². The summed E-state index contributed by atoms with van der Waals surface area (Å²) in [5.41, 5.74) is 2.31. The SMILES string of the molecule is COC(=O)CC[C@H](Cc1ccc(Cl)cc1)c1cccc(Cl)c1. The molecule has 0 spiro atoms. The van der Waals surface area contributed by atoms with Crippen LogP contribution in [0.15, 0.2) is 48.5 Å². The van der Waals surface area contributed by atoms with Crippen molar-refractivity contribution in [2.24, 2.45) is 0 Å². The lowest BCUT2D eigenvalue weighted by atomic mass is 9.88. The molecule has 0 aliphatic rings. The zero-order chi connectivity index (χ0) is 15.9. The summed E-state index contributed by atoms with van der Waals surface area (Å²) in [6.07, 6.45) is 1.94. The predicted octanol–water partition coefficient (Wildman–Crippen LogP) is 5.27. The number of hydrogen-bond acceptors (Lipinski definition) is 2. The molecular formula is C18H18Cl2O2. The van der Waals surface area contributed by atoms with Crippen molar-refractivity contribution in [2.75, 3.05) is 7.11 Å². The second-order valence-corrected chi connectivity index (χ2v) is 6.07. The van der Waals surface area contributed by atoms with E-state index in [0.717, 1.165) is 23.4 Å². The number of hydrogen-bond donors (Lipinski definition) is 0. The maximum atomic E-state index is 11.4. The molecule has 1 atom stereocenters. The molecule has 2 rings (SSSR count). The Kier molecular flexibility index (Phi) is 6.29. The number of benzene rings is 2. The molecule has 0 unspecified atom stereocenters. The molecule has 0 saturated carbocycles. The van der Waals surface area contributed by atoms with E-state index >= 15 is 0 Å². The second-order valence-electron chi connectivity index (χ2n) is 5.20. The molecule has 2 nitrogen and oxygen atoms in total. The van der Waals surface area contributed by atoms with E-state index in [1.807, 2.05) is 48.5 Å². The van der Waals surface area contributed by atoms with Gasteiger partial charge in [-0.1, -0.05) is 47.5 Å². The summed E-state index contributed by atoms with van der Waals surface area (Å²) < 4.78 is 4.74. The number of rotatable bonds is 6. The first kappa shape index (κ1) is 16.9. The van der Waals surface area contributed by atoms with Crippen molar-refractivity contribution in [3.63, 3.8) is 0 Å². The lowest BCUT2D eigenvalue weighted by Gasteiger charge is -2.17. The fourth-order valence-electron chi connectivity index (χ4n) is 2.45. The Morgan fingerprint density at radius 3 is 2.45 bits per heavy atom. The number of esters is 1. The lowest BCUT2D eigenvalue weighted by molar-refractivity contribution is -0.140. The Hall–Kier alpha value is -1.51.